The van der Waals surface area contributed by atoms with Gasteiger partial charge in [-0.1, -0.05) is 0 Å². The van der Waals surface area contributed by atoms with E-state index < -0.39 is 6.09 Å². The summed E-state index contributed by atoms with van der Waals surface area (Å²) in [6.07, 6.45) is 0.601. The number of nitrogens with zero attached hydrogens (tertiary/aromatic N) is 2. The number of likely N-dealkylation sites (tertiary alicyclic amines) is 1. The molecule has 1 aliphatic heterocycles. The molecule has 3 N–H and O–H groups in total. The summed E-state index contributed by atoms with van der Waals surface area (Å²) in [5.74, 6) is 5.46. The molecule has 0 aromatic rings. The van der Waals surface area contributed by atoms with Crippen molar-refractivity contribution in [2.75, 3.05) is 13.1 Å². The highest BCUT2D eigenvalue weighted by Crippen LogP contribution is 2.21. The van der Waals surface area contributed by atoms with Crippen molar-refractivity contribution in [2.24, 2.45) is 5.84 Å². The molecule has 5 heteroatoms. The molecule has 1 rings (SSSR count). The van der Waals surface area contributed by atoms with Gasteiger partial charge < -0.3 is 5.11 Å². The number of nitrogens with two attached hydrogens (primary N) is 1. The molecule has 0 saturated carbocycles. The number of amides is 1. The third-order valence-corrected chi connectivity index (χ3v) is 3.03. The highest BCUT2D eigenvalue weighted by molar-refractivity contribution is 5.64. The van der Waals surface area contributed by atoms with E-state index in [0.29, 0.717) is 0 Å². The Balaban J connectivity index is 2.46. The van der Waals surface area contributed by atoms with Gasteiger partial charge in [0.2, 0.25) is 0 Å². The highest BCUT2D eigenvalue weighted by Gasteiger charge is 2.30. The Kier molecular flexibility index (Phi) is 3.57. The molecule has 0 aliphatic carbocycles. The van der Waals surface area contributed by atoms with E-state index in [1.165, 1.54) is 0 Å². The minimum atomic E-state index is -1.04. The molecule has 15 heavy (non-hydrogen) atoms. The average molecular weight is 215 g/mol. The summed E-state index contributed by atoms with van der Waals surface area (Å²) >= 11 is 0. The fraction of sp³-hybridized carbons (Fsp3) is 0.900. The summed E-state index contributed by atoms with van der Waals surface area (Å²) < 4.78 is 0. The standard InChI is InChI=1S/C10H21N3O2/c1-10(2,3)12-6-4-8(5-7-12)13(11)9(14)15/h8H,4-7,11H2,1-3H3,(H,14,15). The number of hydrogen-bond donors (Lipinski definition) is 2. The average Bonchev–Trinajstić information content (AvgIpc) is 2.15. The molecule has 1 heterocycles. The van der Waals surface area contributed by atoms with Crippen LogP contribution >= 0.6 is 0 Å². The molecule has 0 aromatic carbocycles. The van der Waals surface area contributed by atoms with Crippen molar-refractivity contribution in [3.8, 4) is 0 Å². The van der Waals surface area contributed by atoms with Crippen molar-refractivity contribution in [2.45, 2.75) is 45.2 Å². The normalized spacial score (nSPS) is 20.3. The van der Waals surface area contributed by atoms with Crippen molar-refractivity contribution >= 4 is 6.09 Å². The van der Waals surface area contributed by atoms with Crippen LogP contribution in [0.15, 0.2) is 0 Å². The molecule has 1 amide bonds. The zero-order valence-electron chi connectivity index (χ0n) is 9.73. The fourth-order valence-corrected chi connectivity index (χ4v) is 1.97. The number of carboxylic acid groups (broad SMARTS) is 1. The van der Waals surface area contributed by atoms with Gasteiger partial charge in [-0.05, 0) is 33.6 Å². The van der Waals surface area contributed by atoms with Crippen LogP contribution in [0, 0.1) is 0 Å². The number of hydrogen-bond acceptors (Lipinski definition) is 3. The van der Waals surface area contributed by atoms with Crippen molar-refractivity contribution in [1.82, 2.24) is 9.91 Å². The number of piperidine rings is 1. The van der Waals surface area contributed by atoms with Crippen LogP contribution in [0.25, 0.3) is 0 Å². The van der Waals surface area contributed by atoms with Crippen LogP contribution in [-0.2, 0) is 0 Å². The maximum absolute atomic E-state index is 10.7. The van der Waals surface area contributed by atoms with Gasteiger partial charge in [-0.2, -0.15) is 0 Å². The van der Waals surface area contributed by atoms with Crippen LogP contribution in [0.5, 0.6) is 0 Å². The highest BCUT2D eigenvalue weighted by atomic mass is 16.4. The molecular weight excluding hydrogens is 194 g/mol. The van der Waals surface area contributed by atoms with Crippen molar-refractivity contribution in [3.63, 3.8) is 0 Å². The molecule has 1 fully saturated rings. The first-order valence-corrected chi connectivity index (χ1v) is 5.34. The van der Waals surface area contributed by atoms with Gasteiger partial charge in [-0.15, -0.1) is 0 Å². The lowest BCUT2D eigenvalue weighted by atomic mass is 9.98. The molecule has 0 atom stereocenters. The second-order valence-electron chi connectivity index (χ2n) is 5.08. The largest absolute Gasteiger partial charge is 0.464 e. The van der Waals surface area contributed by atoms with Gasteiger partial charge in [-0.25, -0.2) is 15.6 Å². The molecule has 0 aromatic heterocycles. The predicted molar refractivity (Wildman–Crippen MR) is 58.4 cm³/mol. The first kappa shape index (κ1) is 12.3. The molecule has 0 bridgehead atoms. The second-order valence-corrected chi connectivity index (χ2v) is 5.08. The first-order valence-electron chi connectivity index (χ1n) is 5.34. The van der Waals surface area contributed by atoms with Crippen LogP contribution in [-0.4, -0.2) is 45.8 Å². The molecule has 88 valence electrons. The van der Waals surface area contributed by atoms with Crippen molar-refractivity contribution in [3.05, 3.63) is 0 Å². The Morgan fingerprint density at radius 2 is 1.87 bits per heavy atom. The van der Waals surface area contributed by atoms with Gasteiger partial charge >= 0.3 is 6.09 Å². The van der Waals surface area contributed by atoms with Crippen LogP contribution in [0.1, 0.15) is 33.6 Å². The molecule has 0 unspecified atom stereocenters. The Bertz CT molecular complexity index is 229. The Morgan fingerprint density at radius 1 is 1.40 bits per heavy atom. The van der Waals surface area contributed by atoms with Gasteiger partial charge in [0.1, 0.15) is 0 Å². The third-order valence-electron chi connectivity index (χ3n) is 3.03. The van der Waals surface area contributed by atoms with Gasteiger partial charge in [-0.3, -0.25) is 4.90 Å². The lowest BCUT2D eigenvalue weighted by Crippen LogP contribution is -2.53. The summed E-state index contributed by atoms with van der Waals surface area (Å²) in [6, 6.07) is -0.0268. The topological polar surface area (TPSA) is 69.8 Å². The maximum Gasteiger partial charge on any atom is 0.421 e. The molecule has 5 nitrogen and oxygen atoms in total. The predicted octanol–water partition coefficient (Wildman–Crippen LogP) is 1.10. The van der Waals surface area contributed by atoms with E-state index in [2.05, 4.69) is 25.7 Å². The van der Waals surface area contributed by atoms with Crippen LogP contribution in [0.3, 0.4) is 0 Å². The number of hydrazine groups is 1. The number of carbonyl (C=O) groups is 1. The monoisotopic (exact) mass is 215 g/mol. The summed E-state index contributed by atoms with van der Waals surface area (Å²) in [6.45, 7) is 8.34. The van der Waals surface area contributed by atoms with E-state index in [0.717, 1.165) is 30.9 Å². The zero-order chi connectivity index (χ0) is 11.6. The lowest BCUT2D eigenvalue weighted by molar-refractivity contribution is 0.0552. The molecule has 0 spiro atoms. The Morgan fingerprint density at radius 3 is 2.20 bits per heavy atom. The summed E-state index contributed by atoms with van der Waals surface area (Å²) in [4.78, 5) is 13.0. The van der Waals surface area contributed by atoms with Crippen LogP contribution < -0.4 is 5.84 Å². The van der Waals surface area contributed by atoms with Gasteiger partial charge in [0.25, 0.3) is 0 Å². The van der Waals surface area contributed by atoms with Gasteiger partial charge in [0, 0.05) is 18.6 Å². The van der Waals surface area contributed by atoms with E-state index in [-0.39, 0.29) is 11.6 Å². The number of rotatable bonds is 1. The fourth-order valence-electron chi connectivity index (χ4n) is 1.97. The van der Waals surface area contributed by atoms with E-state index >= 15 is 0 Å². The van der Waals surface area contributed by atoms with Gasteiger partial charge in [0.05, 0.1) is 6.04 Å². The van der Waals surface area contributed by atoms with E-state index in [9.17, 15) is 4.79 Å². The van der Waals surface area contributed by atoms with Crippen LogP contribution in [0.4, 0.5) is 4.79 Å². The SMILES string of the molecule is CC(C)(C)N1CCC(N(N)C(=O)O)CC1. The lowest BCUT2D eigenvalue weighted by Gasteiger charge is -2.42. The van der Waals surface area contributed by atoms with E-state index in [4.69, 9.17) is 10.9 Å². The summed E-state index contributed by atoms with van der Waals surface area (Å²) in [5, 5.41) is 9.69. The van der Waals surface area contributed by atoms with Gasteiger partial charge in [0.15, 0.2) is 0 Å². The molecule has 0 radical (unpaired) electrons. The van der Waals surface area contributed by atoms with Crippen molar-refractivity contribution < 1.29 is 9.90 Å². The maximum atomic E-state index is 10.7. The summed E-state index contributed by atoms with van der Waals surface area (Å²) in [7, 11) is 0. The van der Waals surface area contributed by atoms with Crippen LogP contribution in [0.2, 0.25) is 0 Å². The minimum Gasteiger partial charge on any atom is -0.464 e. The molecular formula is C10H21N3O2. The first-order chi connectivity index (χ1) is 6.82. The van der Waals surface area contributed by atoms with E-state index in [1.807, 2.05) is 0 Å². The third kappa shape index (κ3) is 3.07. The minimum absolute atomic E-state index is 0.0268. The quantitative estimate of drug-likeness (QED) is 0.390. The zero-order valence-corrected chi connectivity index (χ0v) is 9.73. The smallest absolute Gasteiger partial charge is 0.421 e. The second kappa shape index (κ2) is 4.37. The Hall–Kier alpha value is -0.810. The van der Waals surface area contributed by atoms with Crippen molar-refractivity contribution in [1.29, 1.82) is 0 Å². The summed E-state index contributed by atoms with van der Waals surface area (Å²) in [5.41, 5.74) is 0.160. The Labute approximate surface area is 90.8 Å². The molecule has 1 aliphatic rings. The molecule has 1 saturated heterocycles. The van der Waals surface area contributed by atoms with E-state index in [1.54, 1.807) is 0 Å².